The van der Waals surface area contributed by atoms with Crippen molar-refractivity contribution < 1.29 is 9.52 Å². The summed E-state index contributed by atoms with van der Waals surface area (Å²) in [6, 6.07) is 11.1. The molecular weight excluding hydrogens is 214 g/mol. The number of rotatable bonds is 4. The highest BCUT2D eigenvalue weighted by Crippen LogP contribution is 2.19. The number of aliphatic hydroxyl groups excluding tert-OH is 1. The van der Waals surface area contributed by atoms with Crippen LogP contribution in [0.15, 0.2) is 53.2 Å². The van der Waals surface area contributed by atoms with E-state index in [1.807, 2.05) is 36.4 Å². The average Bonchev–Trinajstić information content (AvgIpc) is 2.85. The molecular formula is C14H15NO2. The molecule has 0 bridgehead atoms. The molecule has 0 fully saturated rings. The molecule has 0 radical (unpaired) electrons. The third kappa shape index (κ3) is 2.98. The minimum Gasteiger partial charge on any atom is -0.467 e. The van der Waals surface area contributed by atoms with E-state index >= 15 is 0 Å². The van der Waals surface area contributed by atoms with Gasteiger partial charge < -0.3 is 15.3 Å². The van der Waals surface area contributed by atoms with Crippen molar-refractivity contribution in [2.45, 2.75) is 12.5 Å². The standard InChI is InChI=1S/C14H15NO2/c15-12-7-2-1-5-11(12)6-3-8-13(16)14-9-4-10-17-14/h1-7,9-10,13,16H,8,15H2/b6-3+. The molecule has 0 spiro atoms. The Morgan fingerprint density at radius 3 is 2.76 bits per heavy atom. The number of anilines is 1. The molecule has 0 aliphatic heterocycles. The molecule has 0 aliphatic rings. The first-order valence-corrected chi connectivity index (χ1v) is 5.50. The monoisotopic (exact) mass is 229 g/mol. The van der Waals surface area contributed by atoms with Crippen LogP contribution >= 0.6 is 0 Å². The molecule has 0 saturated heterocycles. The summed E-state index contributed by atoms with van der Waals surface area (Å²) in [6.45, 7) is 0. The van der Waals surface area contributed by atoms with Crippen LogP contribution < -0.4 is 5.73 Å². The van der Waals surface area contributed by atoms with Gasteiger partial charge >= 0.3 is 0 Å². The third-order valence-corrected chi connectivity index (χ3v) is 2.52. The van der Waals surface area contributed by atoms with Crippen molar-refractivity contribution in [1.82, 2.24) is 0 Å². The van der Waals surface area contributed by atoms with E-state index in [9.17, 15) is 5.11 Å². The second-order valence-corrected chi connectivity index (χ2v) is 3.80. The average molecular weight is 229 g/mol. The van der Waals surface area contributed by atoms with Gasteiger partial charge in [-0.2, -0.15) is 0 Å². The number of hydrogen-bond acceptors (Lipinski definition) is 3. The van der Waals surface area contributed by atoms with Gasteiger partial charge in [0.15, 0.2) is 0 Å². The molecule has 17 heavy (non-hydrogen) atoms. The van der Waals surface area contributed by atoms with E-state index in [1.54, 1.807) is 18.4 Å². The summed E-state index contributed by atoms with van der Waals surface area (Å²) in [5.41, 5.74) is 7.49. The molecule has 88 valence electrons. The number of furan rings is 1. The van der Waals surface area contributed by atoms with Crippen LogP contribution in [0.2, 0.25) is 0 Å². The van der Waals surface area contributed by atoms with Gasteiger partial charge in [0, 0.05) is 5.69 Å². The van der Waals surface area contributed by atoms with Gasteiger partial charge in [-0.05, 0) is 30.2 Å². The molecule has 3 heteroatoms. The Hall–Kier alpha value is -2.00. The van der Waals surface area contributed by atoms with E-state index in [0.717, 1.165) is 11.3 Å². The van der Waals surface area contributed by atoms with Crippen molar-refractivity contribution in [1.29, 1.82) is 0 Å². The Morgan fingerprint density at radius 1 is 1.24 bits per heavy atom. The lowest BCUT2D eigenvalue weighted by molar-refractivity contribution is 0.153. The lowest BCUT2D eigenvalue weighted by Gasteiger charge is -2.03. The van der Waals surface area contributed by atoms with E-state index in [4.69, 9.17) is 10.2 Å². The molecule has 2 rings (SSSR count). The van der Waals surface area contributed by atoms with Gasteiger partial charge in [-0.3, -0.25) is 0 Å². The van der Waals surface area contributed by atoms with Crippen LogP contribution in [0.1, 0.15) is 23.8 Å². The van der Waals surface area contributed by atoms with Gasteiger partial charge in [-0.15, -0.1) is 0 Å². The molecule has 0 aliphatic carbocycles. The van der Waals surface area contributed by atoms with Crippen molar-refractivity contribution in [3.8, 4) is 0 Å². The van der Waals surface area contributed by atoms with Crippen molar-refractivity contribution in [2.75, 3.05) is 5.73 Å². The molecule has 1 unspecified atom stereocenters. The van der Waals surface area contributed by atoms with E-state index in [2.05, 4.69) is 0 Å². The maximum Gasteiger partial charge on any atom is 0.132 e. The number of aliphatic hydroxyl groups is 1. The van der Waals surface area contributed by atoms with Gasteiger partial charge in [0.05, 0.1) is 6.26 Å². The van der Waals surface area contributed by atoms with Crippen LogP contribution in [0.5, 0.6) is 0 Å². The smallest absolute Gasteiger partial charge is 0.132 e. The summed E-state index contributed by atoms with van der Waals surface area (Å²) >= 11 is 0. The quantitative estimate of drug-likeness (QED) is 0.792. The molecule has 3 nitrogen and oxygen atoms in total. The van der Waals surface area contributed by atoms with Gasteiger partial charge in [-0.25, -0.2) is 0 Å². The third-order valence-electron chi connectivity index (χ3n) is 2.52. The normalized spacial score (nSPS) is 13.0. The number of nitrogens with two attached hydrogens (primary N) is 1. The number of para-hydroxylation sites is 1. The fourth-order valence-corrected chi connectivity index (χ4v) is 1.58. The van der Waals surface area contributed by atoms with Gasteiger partial charge in [0.1, 0.15) is 11.9 Å². The predicted octanol–water partition coefficient (Wildman–Crippen LogP) is 3.00. The molecule has 1 aromatic carbocycles. The topological polar surface area (TPSA) is 59.4 Å². The summed E-state index contributed by atoms with van der Waals surface area (Å²) in [5.74, 6) is 0.579. The highest BCUT2D eigenvalue weighted by Gasteiger charge is 2.07. The lowest BCUT2D eigenvalue weighted by atomic mass is 10.1. The van der Waals surface area contributed by atoms with Gasteiger partial charge in [0.25, 0.3) is 0 Å². The minimum atomic E-state index is -0.605. The minimum absolute atomic E-state index is 0.502. The van der Waals surface area contributed by atoms with Gasteiger partial charge in [0.2, 0.25) is 0 Å². The molecule has 1 aromatic heterocycles. The summed E-state index contributed by atoms with van der Waals surface area (Å²) in [7, 11) is 0. The van der Waals surface area contributed by atoms with Crippen LogP contribution in [0.4, 0.5) is 5.69 Å². The van der Waals surface area contributed by atoms with Crippen LogP contribution in [-0.4, -0.2) is 5.11 Å². The van der Waals surface area contributed by atoms with Crippen molar-refractivity contribution >= 4 is 11.8 Å². The molecule has 1 atom stereocenters. The van der Waals surface area contributed by atoms with Crippen molar-refractivity contribution in [2.24, 2.45) is 0 Å². The van der Waals surface area contributed by atoms with E-state index < -0.39 is 6.10 Å². The second kappa shape index (κ2) is 5.37. The zero-order valence-corrected chi connectivity index (χ0v) is 9.41. The fraction of sp³-hybridized carbons (Fsp3) is 0.143. The van der Waals surface area contributed by atoms with Crippen LogP contribution in [0.3, 0.4) is 0 Å². The highest BCUT2D eigenvalue weighted by molar-refractivity contribution is 5.63. The second-order valence-electron chi connectivity index (χ2n) is 3.80. The van der Waals surface area contributed by atoms with Crippen molar-refractivity contribution in [3.05, 3.63) is 60.1 Å². The molecule has 0 amide bonds. The van der Waals surface area contributed by atoms with Crippen LogP contribution in [0, 0.1) is 0 Å². The molecule has 3 N–H and O–H groups in total. The Bertz CT molecular complexity index is 489. The maximum atomic E-state index is 9.78. The zero-order chi connectivity index (χ0) is 12.1. The Balaban J connectivity index is 1.96. The Labute approximate surface area is 100 Å². The van der Waals surface area contributed by atoms with Crippen LogP contribution in [0.25, 0.3) is 6.08 Å². The Morgan fingerprint density at radius 2 is 2.06 bits per heavy atom. The summed E-state index contributed by atoms with van der Waals surface area (Å²) in [6.07, 6.45) is 5.24. The Kier molecular flexibility index (Phi) is 3.62. The van der Waals surface area contributed by atoms with E-state index in [1.165, 1.54) is 0 Å². The van der Waals surface area contributed by atoms with E-state index in [0.29, 0.717) is 12.2 Å². The highest BCUT2D eigenvalue weighted by atomic mass is 16.4. The van der Waals surface area contributed by atoms with Gasteiger partial charge in [-0.1, -0.05) is 30.4 Å². The molecule has 0 saturated carbocycles. The molecule has 2 aromatic rings. The fourth-order valence-electron chi connectivity index (χ4n) is 1.58. The van der Waals surface area contributed by atoms with Crippen molar-refractivity contribution in [3.63, 3.8) is 0 Å². The summed E-state index contributed by atoms with van der Waals surface area (Å²) < 4.78 is 5.11. The zero-order valence-electron chi connectivity index (χ0n) is 9.41. The van der Waals surface area contributed by atoms with Crippen LogP contribution in [-0.2, 0) is 0 Å². The molecule has 1 heterocycles. The first-order valence-electron chi connectivity index (χ1n) is 5.50. The first-order chi connectivity index (χ1) is 8.27. The number of benzene rings is 1. The summed E-state index contributed by atoms with van der Waals surface area (Å²) in [4.78, 5) is 0. The lowest BCUT2D eigenvalue weighted by Crippen LogP contribution is -1.93. The summed E-state index contributed by atoms with van der Waals surface area (Å²) in [5, 5.41) is 9.78. The number of nitrogen functional groups attached to an aromatic ring is 1. The largest absolute Gasteiger partial charge is 0.467 e. The van der Waals surface area contributed by atoms with E-state index in [-0.39, 0.29) is 0 Å². The maximum absolute atomic E-state index is 9.78. The number of hydrogen-bond donors (Lipinski definition) is 2. The SMILES string of the molecule is Nc1ccccc1/C=C/CC(O)c1ccco1. The predicted molar refractivity (Wildman–Crippen MR) is 68.2 cm³/mol. The first kappa shape index (κ1) is 11.5.